The highest BCUT2D eigenvalue weighted by Crippen LogP contribution is 2.27. The van der Waals surface area contributed by atoms with E-state index < -0.39 is 11.8 Å². The molecular formula is C19H17N3O3S2. The molecule has 3 aromatic rings. The van der Waals surface area contributed by atoms with Gasteiger partial charge in [-0.3, -0.25) is 25.2 Å². The Balaban J connectivity index is 1.52. The van der Waals surface area contributed by atoms with Gasteiger partial charge in [0.25, 0.3) is 5.91 Å². The van der Waals surface area contributed by atoms with E-state index in [1.165, 1.54) is 22.7 Å². The van der Waals surface area contributed by atoms with E-state index in [2.05, 4.69) is 15.8 Å². The van der Waals surface area contributed by atoms with E-state index >= 15 is 0 Å². The molecule has 2 aromatic heterocycles. The van der Waals surface area contributed by atoms with E-state index in [1.54, 1.807) is 19.1 Å². The van der Waals surface area contributed by atoms with Gasteiger partial charge in [-0.25, -0.2) is 4.98 Å². The van der Waals surface area contributed by atoms with Crippen LogP contribution in [0, 0.1) is 6.92 Å². The van der Waals surface area contributed by atoms with Crippen molar-refractivity contribution in [2.75, 3.05) is 0 Å². The van der Waals surface area contributed by atoms with Gasteiger partial charge in [0.15, 0.2) is 5.78 Å². The minimum atomic E-state index is -0.426. The molecule has 0 aliphatic rings. The van der Waals surface area contributed by atoms with E-state index in [0.29, 0.717) is 15.4 Å². The van der Waals surface area contributed by atoms with Gasteiger partial charge < -0.3 is 0 Å². The number of thiazole rings is 1. The van der Waals surface area contributed by atoms with E-state index in [9.17, 15) is 14.4 Å². The second-order valence-corrected chi connectivity index (χ2v) is 7.65. The van der Waals surface area contributed by atoms with Crippen LogP contribution in [0.4, 0.5) is 0 Å². The molecule has 2 amide bonds. The Morgan fingerprint density at radius 3 is 2.48 bits per heavy atom. The molecule has 0 saturated carbocycles. The highest BCUT2D eigenvalue weighted by atomic mass is 32.1. The summed E-state index contributed by atoms with van der Waals surface area (Å²) in [6.45, 7) is 1.75. The number of nitrogens with one attached hydrogen (secondary N) is 2. The maximum absolute atomic E-state index is 12.3. The fraction of sp³-hybridized carbons (Fsp3) is 0.158. The summed E-state index contributed by atoms with van der Waals surface area (Å²) in [4.78, 5) is 41.6. The van der Waals surface area contributed by atoms with E-state index in [-0.39, 0.29) is 18.6 Å². The number of hydrogen-bond donors (Lipinski definition) is 2. The average Bonchev–Trinajstić information content (AvgIpc) is 3.35. The quantitative estimate of drug-likeness (QED) is 0.490. The van der Waals surface area contributed by atoms with E-state index in [1.807, 2.05) is 35.7 Å². The topological polar surface area (TPSA) is 88.2 Å². The number of thiophene rings is 1. The number of benzene rings is 1. The Morgan fingerprint density at radius 1 is 1.00 bits per heavy atom. The van der Waals surface area contributed by atoms with Crippen LogP contribution in [-0.2, 0) is 4.79 Å². The first-order chi connectivity index (χ1) is 13.0. The number of carbonyl (C=O) groups is 3. The summed E-state index contributed by atoms with van der Waals surface area (Å²) in [5.74, 6) is -0.930. The number of nitrogens with zero attached hydrogens (tertiary/aromatic N) is 1. The van der Waals surface area contributed by atoms with E-state index in [4.69, 9.17) is 0 Å². The average molecular weight is 399 g/mol. The second kappa shape index (κ2) is 8.70. The molecule has 0 aliphatic heterocycles. The molecule has 0 spiro atoms. The normalized spacial score (nSPS) is 10.4. The molecule has 0 atom stereocenters. The molecule has 3 rings (SSSR count). The Labute approximate surface area is 164 Å². The van der Waals surface area contributed by atoms with Gasteiger partial charge >= 0.3 is 0 Å². The maximum atomic E-state index is 12.3. The zero-order valence-corrected chi connectivity index (χ0v) is 16.2. The summed E-state index contributed by atoms with van der Waals surface area (Å²) in [5.41, 5.74) is 6.26. The summed E-state index contributed by atoms with van der Waals surface area (Å²) in [7, 11) is 0. The third-order valence-electron chi connectivity index (χ3n) is 3.71. The lowest BCUT2D eigenvalue weighted by Gasteiger charge is -2.06. The lowest BCUT2D eigenvalue weighted by molar-refractivity contribution is -0.121. The van der Waals surface area contributed by atoms with Crippen LogP contribution >= 0.6 is 22.7 Å². The summed E-state index contributed by atoms with van der Waals surface area (Å²) in [6.07, 6.45) is 0.105. The van der Waals surface area contributed by atoms with Crippen LogP contribution in [0.3, 0.4) is 0 Å². The first-order valence-corrected chi connectivity index (χ1v) is 9.93. The van der Waals surface area contributed by atoms with Gasteiger partial charge in [-0.05, 0) is 18.4 Å². The monoisotopic (exact) mass is 399 g/mol. The minimum Gasteiger partial charge on any atom is -0.293 e. The van der Waals surface area contributed by atoms with Crippen LogP contribution in [0.5, 0.6) is 0 Å². The summed E-state index contributed by atoms with van der Waals surface area (Å²) in [6, 6.07) is 13.1. The van der Waals surface area contributed by atoms with Crippen molar-refractivity contribution in [3.8, 4) is 10.6 Å². The summed E-state index contributed by atoms with van der Waals surface area (Å²) >= 11 is 2.61. The zero-order chi connectivity index (χ0) is 19.2. The lowest BCUT2D eigenvalue weighted by Crippen LogP contribution is -2.41. The Morgan fingerprint density at radius 2 is 1.78 bits per heavy atom. The molecule has 2 heterocycles. The van der Waals surface area contributed by atoms with Crippen LogP contribution in [0.1, 0.15) is 37.9 Å². The lowest BCUT2D eigenvalue weighted by atomic mass is 10.2. The molecule has 27 heavy (non-hydrogen) atoms. The van der Waals surface area contributed by atoms with Crippen LogP contribution in [0.2, 0.25) is 0 Å². The second-order valence-electron chi connectivity index (χ2n) is 5.70. The number of hydrogen-bond acceptors (Lipinski definition) is 6. The molecule has 8 heteroatoms. The van der Waals surface area contributed by atoms with Gasteiger partial charge in [-0.1, -0.05) is 36.4 Å². The zero-order valence-electron chi connectivity index (χ0n) is 14.5. The Hall–Kier alpha value is -2.84. The van der Waals surface area contributed by atoms with Crippen molar-refractivity contribution in [2.24, 2.45) is 0 Å². The van der Waals surface area contributed by atoms with Gasteiger partial charge in [0.2, 0.25) is 5.91 Å². The number of ketones is 1. The third-order valence-corrected chi connectivity index (χ3v) is 5.83. The minimum absolute atomic E-state index is 0.00789. The molecule has 0 fully saturated rings. The highest BCUT2D eigenvalue weighted by molar-refractivity contribution is 7.17. The highest BCUT2D eigenvalue weighted by Gasteiger charge is 2.17. The Bertz CT molecular complexity index is 950. The fourth-order valence-electron chi connectivity index (χ4n) is 2.34. The predicted octanol–water partition coefficient (Wildman–Crippen LogP) is 3.60. The summed E-state index contributed by atoms with van der Waals surface area (Å²) < 4.78 is 0. The molecule has 0 unspecified atom stereocenters. The van der Waals surface area contributed by atoms with Crippen LogP contribution in [0.25, 0.3) is 10.6 Å². The molecule has 1 aromatic carbocycles. The molecule has 6 nitrogen and oxygen atoms in total. The number of hydrazine groups is 1. The van der Waals surface area contributed by atoms with Crippen molar-refractivity contribution in [3.05, 3.63) is 63.3 Å². The smallest absolute Gasteiger partial charge is 0.281 e. The summed E-state index contributed by atoms with van der Waals surface area (Å²) in [5, 5.41) is 2.56. The number of aryl methyl sites for hydroxylation is 1. The van der Waals surface area contributed by atoms with Crippen LogP contribution in [-0.4, -0.2) is 22.6 Å². The van der Waals surface area contributed by atoms with Gasteiger partial charge in [0.05, 0.1) is 10.6 Å². The largest absolute Gasteiger partial charge is 0.293 e. The van der Waals surface area contributed by atoms with E-state index in [0.717, 1.165) is 10.6 Å². The SMILES string of the molecule is Cc1nc(-c2ccccc2)sc1C(=O)NNC(=O)CCC(=O)c1cccs1. The van der Waals surface area contributed by atoms with Crippen molar-refractivity contribution in [3.63, 3.8) is 0 Å². The van der Waals surface area contributed by atoms with Gasteiger partial charge in [0.1, 0.15) is 9.88 Å². The van der Waals surface area contributed by atoms with Crippen molar-refractivity contribution < 1.29 is 14.4 Å². The fourth-order valence-corrected chi connectivity index (χ4v) is 4.01. The van der Waals surface area contributed by atoms with Crippen molar-refractivity contribution in [1.82, 2.24) is 15.8 Å². The van der Waals surface area contributed by atoms with Crippen molar-refractivity contribution in [2.45, 2.75) is 19.8 Å². The predicted molar refractivity (Wildman–Crippen MR) is 106 cm³/mol. The van der Waals surface area contributed by atoms with Crippen molar-refractivity contribution in [1.29, 1.82) is 0 Å². The van der Waals surface area contributed by atoms with Crippen LogP contribution in [0.15, 0.2) is 47.8 Å². The number of carbonyl (C=O) groups excluding carboxylic acids is 3. The number of rotatable bonds is 6. The molecule has 0 bridgehead atoms. The molecule has 2 N–H and O–H groups in total. The number of aromatic nitrogens is 1. The number of amides is 2. The standard InChI is InChI=1S/C19H17N3O3S2/c1-12-17(27-19(20-12)13-6-3-2-4-7-13)18(25)22-21-16(24)10-9-14(23)15-8-5-11-26-15/h2-8,11H,9-10H2,1H3,(H,21,24)(H,22,25). The van der Waals surface area contributed by atoms with Gasteiger partial charge in [-0.15, -0.1) is 22.7 Å². The molecule has 0 radical (unpaired) electrons. The number of Topliss-reactive ketones (excluding diaryl/α,β-unsaturated/α-hetero) is 1. The molecule has 0 saturated heterocycles. The third kappa shape index (κ3) is 4.87. The molecular weight excluding hydrogens is 382 g/mol. The first-order valence-electron chi connectivity index (χ1n) is 8.23. The molecule has 138 valence electrons. The Kier molecular flexibility index (Phi) is 6.10. The van der Waals surface area contributed by atoms with Crippen molar-refractivity contribution >= 4 is 40.3 Å². The first kappa shape index (κ1) is 18.9. The van der Waals surface area contributed by atoms with Crippen LogP contribution < -0.4 is 10.9 Å². The van der Waals surface area contributed by atoms with Gasteiger partial charge in [-0.2, -0.15) is 0 Å². The van der Waals surface area contributed by atoms with Gasteiger partial charge in [0, 0.05) is 18.4 Å². The molecule has 0 aliphatic carbocycles. The maximum Gasteiger partial charge on any atom is 0.281 e.